The van der Waals surface area contributed by atoms with Crippen LogP contribution < -0.4 is 0 Å². The zero-order valence-electron chi connectivity index (χ0n) is 56.5. The summed E-state index contributed by atoms with van der Waals surface area (Å²) in [7, 11) is -24.3. The normalized spacial score (nSPS) is 23.3. The third-order valence-corrected chi connectivity index (χ3v) is 22.3. The van der Waals surface area contributed by atoms with Crippen molar-refractivity contribution in [3.8, 4) is 0 Å². The Kier molecular flexibility index (Phi) is 37.0. The average molecular weight is 1570 g/mol. The minimum Gasteiger partial charge on any atom is -0.743 e. The maximum atomic E-state index is 13.2. The van der Waals surface area contributed by atoms with E-state index in [4.69, 9.17) is 0 Å². The molecule has 0 aromatic heterocycles. The van der Waals surface area contributed by atoms with Crippen molar-refractivity contribution in [1.82, 2.24) is 0 Å². The molecule has 0 aromatic rings. The van der Waals surface area contributed by atoms with Crippen LogP contribution in [0.4, 0.5) is 52.7 Å². The Morgan fingerprint density at radius 2 is 0.574 bits per heavy atom. The number of aliphatic hydroxyl groups is 4. The predicted octanol–water partition coefficient (Wildman–Crippen LogP) is 10.0. The highest BCUT2D eigenvalue weighted by Gasteiger charge is 2.57. The van der Waals surface area contributed by atoms with E-state index in [1.54, 1.807) is 0 Å². The van der Waals surface area contributed by atoms with Crippen LogP contribution in [0.5, 0.6) is 0 Å². The molecule has 8 rings (SSSR count). The Morgan fingerprint density at radius 1 is 0.366 bits per heavy atom. The number of rotatable bonds is 25. The highest BCUT2D eigenvalue weighted by atomic mass is 32.2. The van der Waals surface area contributed by atoms with Crippen LogP contribution in [0.2, 0.25) is 0 Å². The highest BCUT2D eigenvalue weighted by molar-refractivity contribution is 7.87. The number of hydrogen-bond donors (Lipinski definition) is 4. The van der Waals surface area contributed by atoms with E-state index in [9.17, 15) is 144 Å². The van der Waals surface area contributed by atoms with Gasteiger partial charge in [-0.3, -0.25) is 19.2 Å². The molecule has 101 heavy (non-hydrogen) atoms. The van der Waals surface area contributed by atoms with Crippen LogP contribution in [0.3, 0.4) is 0 Å². The van der Waals surface area contributed by atoms with Crippen molar-refractivity contribution < 1.29 is 163 Å². The Bertz CT molecular complexity index is 2960. The maximum Gasteiger partial charge on any atom is 0.364 e. The zero-order valence-corrected chi connectivity index (χ0v) is 59.7. The van der Waals surface area contributed by atoms with Crippen molar-refractivity contribution in [2.24, 2.45) is 29.6 Å². The lowest BCUT2D eigenvalue weighted by atomic mass is 9.86. The summed E-state index contributed by atoms with van der Waals surface area (Å²) in [6.07, 6.45) is 8.93. The molecule has 6 unspecified atom stereocenters. The van der Waals surface area contributed by atoms with E-state index >= 15 is 0 Å². The fourth-order valence-electron chi connectivity index (χ4n) is 11.8. The molecule has 0 radical (unpaired) electrons. The first-order chi connectivity index (χ1) is 46.1. The third kappa shape index (κ3) is 31.5. The van der Waals surface area contributed by atoms with Crippen LogP contribution >= 0.6 is 0 Å². The summed E-state index contributed by atoms with van der Waals surface area (Å²) in [5.41, 5.74) is -1.81. The van der Waals surface area contributed by atoms with E-state index in [1.807, 2.05) is 20.8 Å². The van der Waals surface area contributed by atoms with Crippen LogP contribution in [0.25, 0.3) is 0 Å². The van der Waals surface area contributed by atoms with Crippen molar-refractivity contribution in [3.63, 3.8) is 0 Å². The molecule has 40 heteroatoms. The molecule has 596 valence electrons. The van der Waals surface area contributed by atoms with E-state index in [2.05, 4.69) is 18.9 Å². The van der Waals surface area contributed by atoms with Gasteiger partial charge < -0.3 is 57.6 Å². The molecule has 0 heterocycles. The minimum absolute atomic E-state index is 0.234. The highest BCUT2D eigenvalue weighted by Crippen LogP contribution is 2.53. The first kappa shape index (κ1) is 93.6. The van der Waals surface area contributed by atoms with E-state index in [0.29, 0.717) is 57.8 Å². The SMILES string of the molecule is CC1(O)CCCC1.CC1(O)CCCC1.CC1(O)CCCC1.O=C(OCCC(F)C(F)(F)S(=O)(=O)[O-])C1CC1C1(O)CCCC1.O=C(OCCC(F)C(F)(F)S(=O)(=O)[O-])C1CCC1.O=C(OCCC(F)C(F)(F)S(=O)(=O)[O-])C1CCCC1.O=C(OCCC(F)C(F)(F)S(=O)(=O)[O-])C1CCCCC1. The molecule has 0 aliphatic heterocycles. The molecule has 0 saturated heterocycles. The molecule has 8 aliphatic rings. The van der Waals surface area contributed by atoms with Gasteiger partial charge in [-0.05, 0) is 117 Å². The number of hydrogen-bond acceptors (Lipinski definition) is 24. The molecule has 8 aliphatic carbocycles. The average Bonchev–Trinajstić information content (AvgIpc) is 1.61. The quantitative estimate of drug-likeness (QED) is 0.0286. The van der Waals surface area contributed by atoms with E-state index in [-0.39, 0.29) is 40.5 Å². The lowest BCUT2D eigenvalue weighted by molar-refractivity contribution is -0.153. The fourth-order valence-corrected chi connectivity index (χ4v) is 13.5. The van der Waals surface area contributed by atoms with Gasteiger partial charge in [-0.25, -0.2) is 51.2 Å². The summed E-state index contributed by atoms with van der Waals surface area (Å²) in [5, 5.41) is 17.8. The second-order valence-corrected chi connectivity index (χ2v) is 33.4. The van der Waals surface area contributed by atoms with Crippen LogP contribution in [0.1, 0.15) is 233 Å². The Balaban J connectivity index is 0.000000417. The van der Waals surface area contributed by atoms with Gasteiger partial charge in [-0.15, -0.1) is 0 Å². The van der Waals surface area contributed by atoms with Gasteiger partial charge in [-0.1, -0.05) is 89.9 Å². The van der Waals surface area contributed by atoms with Crippen molar-refractivity contribution in [2.75, 3.05) is 26.4 Å². The van der Waals surface area contributed by atoms with E-state index < -0.39 is 174 Å². The van der Waals surface area contributed by atoms with E-state index in [1.165, 1.54) is 38.5 Å². The number of halogens is 12. The molecule has 4 N–H and O–H groups in total. The van der Waals surface area contributed by atoms with Gasteiger partial charge in [0.05, 0.1) is 72.5 Å². The lowest BCUT2D eigenvalue weighted by Crippen LogP contribution is -2.39. The second kappa shape index (κ2) is 39.9. The van der Waals surface area contributed by atoms with Crippen LogP contribution in [-0.4, -0.2) is 191 Å². The number of ether oxygens (including phenoxy) is 4. The van der Waals surface area contributed by atoms with Gasteiger partial charge in [0.15, 0.2) is 65.2 Å². The molecule has 8 saturated carbocycles. The van der Waals surface area contributed by atoms with Crippen molar-refractivity contribution in [1.29, 1.82) is 0 Å². The zero-order chi connectivity index (χ0) is 77.5. The Labute approximate surface area is 581 Å². The summed E-state index contributed by atoms with van der Waals surface area (Å²) in [6, 6.07) is 0. The minimum atomic E-state index is -6.12. The predicted molar refractivity (Wildman–Crippen MR) is 329 cm³/mol. The lowest BCUT2D eigenvalue weighted by Gasteiger charge is -2.25. The van der Waals surface area contributed by atoms with Crippen LogP contribution in [-0.2, 0) is 78.6 Å². The number of carbonyl (C=O) groups excluding carboxylic acids is 4. The summed E-state index contributed by atoms with van der Waals surface area (Å²) in [4.78, 5) is 45.7. The van der Waals surface area contributed by atoms with Gasteiger partial charge in [-0.2, -0.15) is 35.1 Å². The molecule has 0 aromatic carbocycles. The largest absolute Gasteiger partial charge is 0.743 e. The van der Waals surface area contributed by atoms with Crippen LogP contribution in [0.15, 0.2) is 0 Å². The molecule has 6 atom stereocenters. The number of carbonyl (C=O) groups is 4. The van der Waals surface area contributed by atoms with Gasteiger partial charge in [0, 0.05) is 31.6 Å². The first-order valence-corrected chi connectivity index (χ1v) is 39.2. The van der Waals surface area contributed by atoms with Gasteiger partial charge in [0.1, 0.15) is 0 Å². The maximum absolute atomic E-state index is 13.2. The van der Waals surface area contributed by atoms with Gasteiger partial charge >= 0.3 is 44.9 Å². The summed E-state index contributed by atoms with van der Waals surface area (Å²) >= 11 is 0. The van der Waals surface area contributed by atoms with Gasteiger partial charge in [0.25, 0.3) is 0 Å². The molecular formula is C61H96F12O24S4-4. The van der Waals surface area contributed by atoms with Crippen molar-refractivity contribution >= 4 is 64.3 Å². The molecule has 24 nitrogen and oxygen atoms in total. The van der Waals surface area contributed by atoms with E-state index in [0.717, 1.165) is 89.9 Å². The number of alkyl halides is 12. The molecule has 0 spiro atoms. The smallest absolute Gasteiger partial charge is 0.364 e. The summed E-state index contributed by atoms with van der Waals surface area (Å²) in [5.74, 6) is -4.21. The molecule has 0 amide bonds. The first-order valence-electron chi connectivity index (χ1n) is 33.5. The second-order valence-electron chi connectivity index (χ2n) is 27.6. The van der Waals surface area contributed by atoms with Crippen molar-refractivity contribution in [3.05, 3.63) is 0 Å². The standard InChI is InChI=1S/C13H19F3O6S.C11H17F3O5S.C10H15F3O5S.C9H13F3O5S.3C6H12O/c14-10(13(15,16)23(19,20)21)3-6-22-11(17)8-7-9(8)12(18)4-1-2-5-12;12-9(11(13,14)20(16,17)18)6-7-19-10(15)8-4-2-1-3-5-8;11-8(10(12,13)19(15,16)17)5-6-18-9(14)7-3-1-2-4-7;10-7(9(11,12)18(14,15)16)4-5-17-8(13)6-2-1-3-6;3*1-6(7)4-2-3-5-6/h8-10,18H,1-7H2,(H,19,20,21);8-9H,1-7H2,(H,16,17,18);7-8H,1-6H2,(H,15,16,17);6-7H,1-5H2,(H,14,15,16);3*7H,2-5H2,1H3/p-4. The summed E-state index contributed by atoms with van der Waals surface area (Å²) in [6.45, 7) is 2.96. The molecule has 8 fully saturated rings. The van der Waals surface area contributed by atoms with Crippen LogP contribution in [0, 0.1) is 29.6 Å². The molecular weight excluding hydrogens is 1470 g/mol. The topological polar surface area (TPSA) is 415 Å². The fraction of sp³-hybridized carbons (Fsp3) is 0.934. The Morgan fingerprint density at radius 3 is 0.772 bits per heavy atom. The monoisotopic (exact) mass is 1570 g/mol. The van der Waals surface area contributed by atoms with Crippen molar-refractivity contribution in [2.45, 2.75) is 301 Å². The van der Waals surface area contributed by atoms with Gasteiger partial charge in [0.2, 0.25) is 0 Å². The Hall–Kier alpha value is -3.48. The molecule has 0 bridgehead atoms. The third-order valence-electron chi connectivity index (χ3n) is 18.6. The summed E-state index contributed by atoms with van der Waals surface area (Å²) < 4.78 is 295. The number of esters is 4.